The molecule has 0 radical (unpaired) electrons. The Hall–Kier alpha value is -1.92. The van der Waals surface area contributed by atoms with Gasteiger partial charge in [0.15, 0.2) is 4.34 Å². The summed E-state index contributed by atoms with van der Waals surface area (Å²) in [6, 6.07) is 14.0. The highest BCUT2D eigenvalue weighted by atomic mass is 32.2. The number of amides is 1. The van der Waals surface area contributed by atoms with Crippen molar-refractivity contribution < 1.29 is 4.79 Å². The van der Waals surface area contributed by atoms with Crippen LogP contribution in [0.15, 0.2) is 53.0 Å². The van der Waals surface area contributed by atoms with Crippen LogP contribution in [0, 0.1) is 0 Å². The number of carbonyl (C=O) groups excluding carboxylic acids is 1. The molecule has 0 spiro atoms. The van der Waals surface area contributed by atoms with E-state index in [1.54, 1.807) is 29.3 Å². The minimum Gasteiger partial charge on any atom is -0.356 e. The van der Waals surface area contributed by atoms with Crippen molar-refractivity contribution >= 4 is 39.2 Å². The Bertz CT molecular complexity index is 756. The number of hydrogen-bond donors (Lipinski definition) is 1. The highest BCUT2D eigenvalue weighted by Crippen LogP contribution is 2.29. The van der Waals surface area contributed by atoms with Gasteiger partial charge in [0.2, 0.25) is 5.91 Å². The number of thioether (sulfide) groups is 1. The normalized spacial score (nSPS) is 10.8. The minimum absolute atomic E-state index is 0.107. The molecule has 0 aliphatic carbocycles. The van der Waals surface area contributed by atoms with E-state index in [4.69, 9.17) is 0 Å². The van der Waals surface area contributed by atoms with Gasteiger partial charge in [0.1, 0.15) is 0 Å². The Morgan fingerprint density at radius 3 is 2.88 bits per heavy atom. The molecular weight excluding hydrogens is 338 g/mol. The van der Waals surface area contributed by atoms with Gasteiger partial charge in [0.25, 0.3) is 0 Å². The predicted octanol–water partition coefficient (Wildman–Crippen LogP) is 3.92. The first kappa shape index (κ1) is 16.9. The average Bonchev–Trinajstić information content (AvgIpc) is 3.02. The Balaban J connectivity index is 1.32. The molecule has 4 nitrogen and oxygen atoms in total. The quantitative estimate of drug-likeness (QED) is 0.490. The van der Waals surface area contributed by atoms with Gasteiger partial charge in [-0.3, -0.25) is 9.78 Å². The van der Waals surface area contributed by atoms with Gasteiger partial charge in [0, 0.05) is 37.0 Å². The van der Waals surface area contributed by atoms with Crippen molar-refractivity contribution in [2.75, 3.05) is 12.3 Å². The molecule has 0 saturated heterocycles. The van der Waals surface area contributed by atoms with Crippen molar-refractivity contribution in [2.45, 2.75) is 23.6 Å². The Kier molecular flexibility index (Phi) is 6.20. The van der Waals surface area contributed by atoms with E-state index in [1.165, 1.54) is 4.70 Å². The predicted molar refractivity (Wildman–Crippen MR) is 101 cm³/mol. The van der Waals surface area contributed by atoms with E-state index in [1.807, 2.05) is 36.4 Å². The number of thiazole rings is 1. The molecule has 1 amide bonds. The van der Waals surface area contributed by atoms with Gasteiger partial charge in [-0.25, -0.2) is 4.98 Å². The van der Waals surface area contributed by atoms with Gasteiger partial charge in [-0.1, -0.05) is 30.0 Å². The van der Waals surface area contributed by atoms with E-state index in [0.29, 0.717) is 13.0 Å². The largest absolute Gasteiger partial charge is 0.356 e. The fraction of sp³-hybridized carbons (Fsp3) is 0.278. The monoisotopic (exact) mass is 357 g/mol. The lowest BCUT2D eigenvalue weighted by atomic mass is 10.2. The third-order valence-corrected chi connectivity index (χ3v) is 5.74. The molecule has 3 aromatic rings. The van der Waals surface area contributed by atoms with Crippen molar-refractivity contribution in [3.05, 3.63) is 54.4 Å². The molecule has 2 heterocycles. The zero-order valence-electron chi connectivity index (χ0n) is 13.3. The van der Waals surface area contributed by atoms with Gasteiger partial charge >= 0.3 is 0 Å². The Labute approximate surface area is 149 Å². The summed E-state index contributed by atoms with van der Waals surface area (Å²) in [6.07, 6.45) is 3.96. The Morgan fingerprint density at radius 2 is 2.04 bits per heavy atom. The van der Waals surface area contributed by atoms with E-state index in [2.05, 4.69) is 21.4 Å². The van der Waals surface area contributed by atoms with E-state index in [0.717, 1.165) is 34.1 Å². The molecule has 124 valence electrons. The fourth-order valence-corrected chi connectivity index (χ4v) is 4.35. The van der Waals surface area contributed by atoms with Crippen LogP contribution in [0.1, 0.15) is 18.5 Å². The van der Waals surface area contributed by atoms with Crippen LogP contribution in [0.2, 0.25) is 0 Å². The molecule has 6 heteroatoms. The number of aromatic nitrogens is 2. The molecule has 0 aliphatic rings. The van der Waals surface area contributed by atoms with Crippen molar-refractivity contribution in [2.24, 2.45) is 0 Å². The van der Waals surface area contributed by atoms with Crippen LogP contribution in [0.4, 0.5) is 0 Å². The molecular formula is C18H19N3OS2. The van der Waals surface area contributed by atoms with E-state index in [9.17, 15) is 4.79 Å². The molecule has 0 atom stereocenters. The van der Waals surface area contributed by atoms with Crippen LogP contribution in [0.3, 0.4) is 0 Å². The van der Waals surface area contributed by atoms with Crippen molar-refractivity contribution in [3.63, 3.8) is 0 Å². The number of fused-ring (bicyclic) bond motifs is 1. The smallest absolute Gasteiger partial charge is 0.220 e. The summed E-state index contributed by atoms with van der Waals surface area (Å²) >= 11 is 3.44. The zero-order valence-corrected chi connectivity index (χ0v) is 14.9. The van der Waals surface area contributed by atoms with Gasteiger partial charge in [-0.15, -0.1) is 11.3 Å². The summed E-state index contributed by atoms with van der Waals surface area (Å²) in [5.41, 5.74) is 2.06. The maximum atomic E-state index is 11.8. The maximum Gasteiger partial charge on any atom is 0.220 e. The maximum absolute atomic E-state index is 11.8. The standard InChI is InChI=1S/C18H19N3OS2/c22-17(20-12-10-14-6-3-4-11-19-14)9-5-13-23-18-21-15-7-1-2-8-16(15)24-18/h1-4,6-8,11H,5,9-10,12-13H2,(H,20,22). The summed E-state index contributed by atoms with van der Waals surface area (Å²) in [5, 5.41) is 2.95. The van der Waals surface area contributed by atoms with Crippen molar-refractivity contribution in [3.8, 4) is 0 Å². The first-order chi connectivity index (χ1) is 11.8. The summed E-state index contributed by atoms with van der Waals surface area (Å²) in [4.78, 5) is 20.7. The van der Waals surface area contributed by atoms with Gasteiger partial charge < -0.3 is 5.32 Å². The number of benzene rings is 1. The summed E-state index contributed by atoms with van der Waals surface area (Å²) < 4.78 is 2.29. The molecule has 0 aliphatic heterocycles. The van der Waals surface area contributed by atoms with Crippen molar-refractivity contribution in [1.82, 2.24) is 15.3 Å². The number of nitrogens with one attached hydrogen (secondary N) is 1. The van der Waals surface area contributed by atoms with Gasteiger partial charge in [-0.05, 0) is 30.7 Å². The molecule has 3 rings (SSSR count). The SMILES string of the molecule is O=C(CCCSc1nc2ccccc2s1)NCCc1ccccn1. The molecule has 0 unspecified atom stereocenters. The second kappa shape index (κ2) is 8.80. The zero-order chi connectivity index (χ0) is 16.6. The van der Waals surface area contributed by atoms with Crippen LogP contribution < -0.4 is 5.32 Å². The lowest BCUT2D eigenvalue weighted by molar-refractivity contribution is -0.121. The number of rotatable bonds is 8. The topological polar surface area (TPSA) is 54.9 Å². The molecule has 24 heavy (non-hydrogen) atoms. The van der Waals surface area contributed by atoms with Crippen molar-refractivity contribution in [1.29, 1.82) is 0 Å². The van der Waals surface area contributed by atoms with Crippen LogP contribution in [-0.4, -0.2) is 28.2 Å². The number of para-hydroxylation sites is 1. The number of pyridine rings is 1. The number of nitrogens with zero attached hydrogens (tertiary/aromatic N) is 2. The molecule has 1 N–H and O–H groups in total. The lowest BCUT2D eigenvalue weighted by Gasteiger charge is -2.04. The highest BCUT2D eigenvalue weighted by Gasteiger charge is 2.05. The molecule has 0 saturated carbocycles. The summed E-state index contributed by atoms with van der Waals surface area (Å²) in [7, 11) is 0. The lowest BCUT2D eigenvalue weighted by Crippen LogP contribution is -2.25. The van der Waals surface area contributed by atoms with E-state index < -0.39 is 0 Å². The first-order valence-corrected chi connectivity index (χ1v) is 9.76. The van der Waals surface area contributed by atoms with E-state index in [-0.39, 0.29) is 5.91 Å². The van der Waals surface area contributed by atoms with Gasteiger partial charge in [0.05, 0.1) is 10.2 Å². The second-order valence-corrected chi connectivity index (χ2v) is 7.69. The Morgan fingerprint density at radius 1 is 1.17 bits per heavy atom. The summed E-state index contributed by atoms with van der Waals surface area (Å²) in [5.74, 6) is 1.02. The second-order valence-electron chi connectivity index (χ2n) is 5.32. The number of hydrogen-bond acceptors (Lipinski definition) is 5. The third kappa shape index (κ3) is 5.04. The molecule has 2 aromatic heterocycles. The molecule has 1 aromatic carbocycles. The third-order valence-electron chi connectivity index (χ3n) is 3.48. The first-order valence-electron chi connectivity index (χ1n) is 7.96. The van der Waals surface area contributed by atoms with Gasteiger partial charge in [-0.2, -0.15) is 0 Å². The highest BCUT2D eigenvalue weighted by molar-refractivity contribution is 8.01. The summed E-state index contributed by atoms with van der Waals surface area (Å²) in [6.45, 7) is 0.640. The molecule has 0 bridgehead atoms. The molecule has 0 fully saturated rings. The van der Waals surface area contributed by atoms with E-state index >= 15 is 0 Å². The average molecular weight is 358 g/mol. The number of carbonyl (C=O) groups is 1. The van der Waals surface area contributed by atoms with Crippen LogP contribution in [0.25, 0.3) is 10.2 Å². The van der Waals surface area contributed by atoms with Crippen LogP contribution in [-0.2, 0) is 11.2 Å². The fourth-order valence-electron chi connectivity index (χ4n) is 2.27. The van der Waals surface area contributed by atoms with Crippen LogP contribution in [0.5, 0.6) is 0 Å². The van der Waals surface area contributed by atoms with Crippen LogP contribution >= 0.6 is 23.1 Å². The minimum atomic E-state index is 0.107.